The fourth-order valence-electron chi connectivity index (χ4n) is 1.68. The van der Waals surface area contributed by atoms with Crippen LogP contribution in [0.1, 0.15) is 39.2 Å². The van der Waals surface area contributed by atoms with Crippen molar-refractivity contribution in [2.45, 2.75) is 43.9 Å². The first kappa shape index (κ1) is 12.8. The highest BCUT2D eigenvalue weighted by molar-refractivity contribution is 7.97. The summed E-state index contributed by atoms with van der Waals surface area (Å²) in [5.74, 6) is 1.70. The molecule has 0 spiro atoms. The van der Waals surface area contributed by atoms with Crippen LogP contribution in [0.5, 0.6) is 5.75 Å². The minimum atomic E-state index is 0.152. The molecule has 0 aromatic heterocycles. The van der Waals surface area contributed by atoms with Crippen molar-refractivity contribution in [2.75, 3.05) is 6.61 Å². The van der Waals surface area contributed by atoms with Crippen molar-refractivity contribution in [3.8, 4) is 5.75 Å². The third-order valence-electron chi connectivity index (χ3n) is 3.11. The van der Waals surface area contributed by atoms with Gasteiger partial charge in [-0.2, -0.15) is 0 Å². The SMILES string of the molecule is CC(C)(C)c1ccc(OCC2CC2)c(SN)c1. The van der Waals surface area contributed by atoms with Crippen LogP contribution in [0.2, 0.25) is 0 Å². The average molecular weight is 251 g/mol. The molecule has 0 unspecified atom stereocenters. The predicted octanol–water partition coefficient (Wildman–Crippen LogP) is 3.74. The van der Waals surface area contributed by atoms with Gasteiger partial charge in [-0.3, -0.25) is 5.14 Å². The first-order chi connectivity index (χ1) is 8.00. The topological polar surface area (TPSA) is 35.2 Å². The Labute approximate surface area is 108 Å². The summed E-state index contributed by atoms with van der Waals surface area (Å²) in [6.07, 6.45) is 2.62. The third kappa shape index (κ3) is 3.39. The Morgan fingerprint density at radius 3 is 2.59 bits per heavy atom. The van der Waals surface area contributed by atoms with Crippen molar-refractivity contribution in [3.63, 3.8) is 0 Å². The molecular formula is C14H21NOS. The molecule has 3 heteroatoms. The molecule has 2 rings (SSSR count). The Hall–Kier alpha value is -0.670. The van der Waals surface area contributed by atoms with Crippen molar-refractivity contribution in [1.29, 1.82) is 0 Å². The van der Waals surface area contributed by atoms with E-state index in [1.807, 2.05) is 0 Å². The Bertz CT molecular complexity index is 394. The summed E-state index contributed by atoms with van der Waals surface area (Å²) in [7, 11) is 0. The van der Waals surface area contributed by atoms with Crippen molar-refractivity contribution >= 4 is 11.9 Å². The molecule has 94 valence electrons. The summed E-state index contributed by atoms with van der Waals surface area (Å²) in [4.78, 5) is 1.04. The second-order valence-electron chi connectivity index (χ2n) is 5.78. The van der Waals surface area contributed by atoms with Crippen LogP contribution >= 0.6 is 11.9 Å². The van der Waals surface area contributed by atoms with E-state index in [1.165, 1.54) is 30.4 Å². The third-order valence-corrected chi connectivity index (χ3v) is 3.68. The average Bonchev–Trinajstić information content (AvgIpc) is 3.08. The second-order valence-corrected chi connectivity index (χ2v) is 6.46. The molecule has 2 nitrogen and oxygen atoms in total. The van der Waals surface area contributed by atoms with E-state index in [1.54, 1.807) is 0 Å². The number of hydrogen-bond acceptors (Lipinski definition) is 3. The van der Waals surface area contributed by atoms with Crippen molar-refractivity contribution in [3.05, 3.63) is 23.8 Å². The van der Waals surface area contributed by atoms with E-state index in [0.717, 1.165) is 23.2 Å². The molecule has 0 saturated heterocycles. The van der Waals surface area contributed by atoms with Crippen molar-refractivity contribution in [1.82, 2.24) is 0 Å². The molecule has 1 saturated carbocycles. The minimum Gasteiger partial charge on any atom is -0.492 e. The molecule has 1 aromatic rings. The lowest BCUT2D eigenvalue weighted by Crippen LogP contribution is -2.11. The summed E-state index contributed by atoms with van der Waals surface area (Å²) in [6.45, 7) is 7.45. The molecule has 0 atom stereocenters. The van der Waals surface area contributed by atoms with E-state index in [2.05, 4.69) is 39.0 Å². The van der Waals surface area contributed by atoms with E-state index in [9.17, 15) is 0 Å². The summed E-state index contributed by atoms with van der Waals surface area (Å²) in [5, 5.41) is 5.72. The van der Waals surface area contributed by atoms with Gasteiger partial charge in [0, 0.05) is 0 Å². The number of hydrogen-bond donors (Lipinski definition) is 1. The highest BCUT2D eigenvalue weighted by Gasteiger charge is 2.23. The van der Waals surface area contributed by atoms with Gasteiger partial charge in [-0.05, 0) is 53.8 Å². The lowest BCUT2D eigenvalue weighted by molar-refractivity contribution is 0.293. The van der Waals surface area contributed by atoms with E-state index < -0.39 is 0 Å². The van der Waals surface area contributed by atoms with E-state index in [0.29, 0.717) is 0 Å². The quantitative estimate of drug-likeness (QED) is 0.828. The van der Waals surface area contributed by atoms with E-state index in [-0.39, 0.29) is 5.41 Å². The molecule has 0 amide bonds. The summed E-state index contributed by atoms with van der Waals surface area (Å²) >= 11 is 1.27. The number of rotatable bonds is 4. The maximum Gasteiger partial charge on any atom is 0.134 e. The highest BCUT2D eigenvalue weighted by Crippen LogP contribution is 2.34. The monoisotopic (exact) mass is 251 g/mol. The minimum absolute atomic E-state index is 0.152. The van der Waals surface area contributed by atoms with Gasteiger partial charge >= 0.3 is 0 Å². The van der Waals surface area contributed by atoms with Crippen LogP contribution in [-0.2, 0) is 5.41 Å². The van der Waals surface area contributed by atoms with Gasteiger partial charge in [-0.15, -0.1) is 0 Å². The molecular weight excluding hydrogens is 230 g/mol. The van der Waals surface area contributed by atoms with Crippen LogP contribution < -0.4 is 9.88 Å². The van der Waals surface area contributed by atoms with Crippen LogP contribution in [0.3, 0.4) is 0 Å². The fourth-order valence-corrected chi connectivity index (χ4v) is 2.12. The lowest BCUT2D eigenvalue weighted by Gasteiger charge is -2.20. The standard InChI is InChI=1S/C14H21NOS/c1-14(2,3)11-6-7-12(13(8-11)17-15)16-9-10-4-5-10/h6-8,10H,4-5,9,15H2,1-3H3. The molecule has 0 aliphatic heterocycles. The molecule has 1 aliphatic rings. The van der Waals surface area contributed by atoms with Crippen LogP contribution in [-0.4, -0.2) is 6.61 Å². The van der Waals surface area contributed by atoms with Crippen LogP contribution in [0.4, 0.5) is 0 Å². The van der Waals surface area contributed by atoms with Gasteiger partial charge in [0.25, 0.3) is 0 Å². The summed E-state index contributed by atoms with van der Waals surface area (Å²) in [6, 6.07) is 6.34. The smallest absolute Gasteiger partial charge is 0.134 e. The fraction of sp³-hybridized carbons (Fsp3) is 0.571. The van der Waals surface area contributed by atoms with Gasteiger partial charge in [0.1, 0.15) is 5.75 Å². The van der Waals surface area contributed by atoms with Crippen molar-refractivity contribution in [2.24, 2.45) is 11.1 Å². The Balaban J connectivity index is 2.15. The maximum absolute atomic E-state index is 5.82. The normalized spacial score (nSPS) is 16.0. The highest BCUT2D eigenvalue weighted by atomic mass is 32.2. The zero-order chi connectivity index (χ0) is 12.5. The van der Waals surface area contributed by atoms with E-state index in [4.69, 9.17) is 9.88 Å². The van der Waals surface area contributed by atoms with Crippen LogP contribution in [0.25, 0.3) is 0 Å². The van der Waals surface area contributed by atoms with Gasteiger partial charge in [-0.1, -0.05) is 26.8 Å². The van der Waals surface area contributed by atoms with Gasteiger partial charge < -0.3 is 4.74 Å². The maximum atomic E-state index is 5.82. The summed E-state index contributed by atoms with van der Waals surface area (Å²) in [5.41, 5.74) is 1.45. The first-order valence-electron chi connectivity index (χ1n) is 6.15. The molecule has 0 heterocycles. The first-order valence-corrected chi connectivity index (χ1v) is 7.03. The van der Waals surface area contributed by atoms with Crippen LogP contribution in [0, 0.1) is 5.92 Å². The molecule has 1 aliphatic carbocycles. The van der Waals surface area contributed by atoms with Gasteiger partial charge in [-0.25, -0.2) is 0 Å². The van der Waals surface area contributed by atoms with E-state index >= 15 is 0 Å². The van der Waals surface area contributed by atoms with Gasteiger partial charge in [0.05, 0.1) is 11.5 Å². The summed E-state index contributed by atoms with van der Waals surface area (Å²) < 4.78 is 5.82. The number of ether oxygens (including phenoxy) is 1. The lowest BCUT2D eigenvalue weighted by atomic mass is 9.87. The Kier molecular flexibility index (Phi) is 3.69. The molecule has 0 bridgehead atoms. The molecule has 2 N–H and O–H groups in total. The number of benzene rings is 1. The Morgan fingerprint density at radius 2 is 2.06 bits per heavy atom. The zero-order valence-corrected chi connectivity index (χ0v) is 11.6. The van der Waals surface area contributed by atoms with Gasteiger partial charge in [0.15, 0.2) is 0 Å². The van der Waals surface area contributed by atoms with Crippen LogP contribution in [0.15, 0.2) is 23.1 Å². The number of nitrogens with two attached hydrogens (primary N) is 1. The van der Waals surface area contributed by atoms with Gasteiger partial charge in [0.2, 0.25) is 0 Å². The molecule has 1 aromatic carbocycles. The molecule has 0 radical (unpaired) electrons. The Morgan fingerprint density at radius 1 is 1.35 bits per heavy atom. The molecule has 1 fully saturated rings. The molecule has 17 heavy (non-hydrogen) atoms. The predicted molar refractivity (Wildman–Crippen MR) is 73.4 cm³/mol. The van der Waals surface area contributed by atoms with Crippen molar-refractivity contribution < 1.29 is 4.74 Å². The second kappa shape index (κ2) is 4.91. The largest absolute Gasteiger partial charge is 0.492 e. The zero-order valence-electron chi connectivity index (χ0n) is 10.8.